The monoisotopic (exact) mass is 666 g/mol. The molecule has 256 valence electrons. The fourth-order valence-corrected chi connectivity index (χ4v) is 5.06. The van der Waals surface area contributed by atoms with Gasteiger partial charge in [-0.25, -0.2) is 4.68 Å². The summed E-state index contributed by atoms with van der Waals surface area (Å²) >= 11 is 0. The molecule has 2 atom stereocenters. The van der Waals surface area contributed by atoms with Crippen molar-refractivity contribution in [1.29, 1.82) is 5.26 Å². The summed E-state index contributed by atoms with van der Waals surface area (Å²) < 4.78 is 41.7. The van der Waals surface area contributed by atoms with Crippen LogP contribution in [0.15, 0.2) is 66.4 Å². The van der Waals surface area contributed by atoms with Crippen LogP contribution in [0.2, 0.25) is 0 Å². The number of halogens is 3. The minimum Gasteiger partial charge on any atom is -0.386 e. The zero-order valence-electron chi connectivity index (χ0n) is 27.9. The van der Waals surface area contributed by atoms with Crippen LogP contribution in [0.1, 0.15) is 43.5 Å². The van der Waals surface area contributed by atoms with Gasteiger partial charge >= 0.3 is 6.18 Å². The maximum absolute atomic E-state index is 13.9. The first-order valence-corrected chi connectivity index (χ1v) is 15.4. The molecule has 0 bridgehead atoms. The molecule has 3 N–H and O–H groups in total. The van der Waals surface area contributed by atoms with E-state index in [-0.39, 0.29) is 28.9 Å². The second-order valence-corrected chi connectivity index (χ2v) is 11.6. The van der Waals surface area contributed by atoms with Crippen molar-refractivity contribution in [1.82, 2.24) is 30.2 Å². The van der Waals surface area contributed by atoms with Crippen molar-refractivity contribution in [3.05, 3.63) is 83.2 Å². The molecule has 0 spiro atoms. The standard InChI is InChI=1S/C34H41F3N8O3/c1-7-23(16-18-43(4)5)21-44(6)33(48)22(2)41-31(46)29(32(47)42-26-10-8-9-25(19-26)34(35,36)37)30(39-3)28-15-17-40-45(28)27-13-11-24(20-38)12-14-27/h8-15,17,19,22-23,39H,7,16,18,21H2,1-6H3,(H,41,46)(H,42,47)/b30-29-/t22-,23?/m0/s1. The summed E-state index contributed by atoms with van der Waals surface area (Å²) in [6.45, 7) is 4.87. The quantitative estimate of drug-likeness (QED) is 0.133. The maximum Gasteiger partial charge on any atom is 0.416 e. The number of hydrogen-bond donors (Lipinski definition) is 3. The average Bonchev–Trinajstić information content (AvgIpc) is 3.54. The molecule has 0 aliphatic rings. The highest BCUT2D eigenvalue weighted by atomic mass is 19.4. The Balaban J connectivity index is 2.01. The third-order valence-electron chi connectivity index (χ3n) is 7.73. The smallest absolute Gasteiger partial charge is 0.386 e. The molecule has 0 fully saturated rings. The van der Waals surface area contributed by atoms with Crippen molar-refractivity contribution in [2.24, 2.45) is 5.92 Å². The Morgan fingerprint density at radius 1 is 1.04 bits per heavy atom. The molecule has 1 heterocycles. The van der Waals surface area contributed by atoms with E-state index in [1.165, 1.54) is 37.0 Å². The van der Waals surface area contributed by atoms with Crippen LogP contribution in [0.5, 0.6) is 0 Å². The van der Waals surface area contributed by atoms with Crippen LogP contribution in [-0.2, 0) is 20.6 Å². The number of anilines is 1. The van der Waals surface area contributed by atoms with Crippen molar-refractivity contribution in [3.63, 3.8) is 0 Å². The Labute approximate surface area is 278 Å². The lowest BCUT2D eigenvalue weighted by Gasteiger charge is -2.27. The minimum atomic E-state index is -4.66. The second-order valence-electron chi connectivity index (χ2n) is 11.6. The van der Waals surface area contributed by atoms with Gasteiger partial charge in [0.15, 0.2) is 0 Å². The number of carbonyl (C=O) groups is 3. The number of rotatable bonds is 14. The highest BCUT2D eigenvalue weighted by molar-refractivity contribution is 6.27. The summed E-state index contributed by atoms with van der Waals surface area (Å²) in [5.41, 5.74) is -0.515. The van der Waals surface area contributed by atoms with E-state index in [1.54, 1.807) is 36.2 Å². The van der Waals surface area contributed by atoms with Crippen molar-refractivity contribution >= 4 is 29.1 Å². The Morgan fingerprint density at radius 3 is 2.31 bits per heavy atom. The van der Waals surface area contributed by atoms with Gasteiger partial charge in [0.2, 0.25) is 5.91 Å². The zero-order valence-corrected chi connectivity index (χ0v) is 27.9. The van der Waals surface area contributed by atoms with Gasteiger partial charge in [0.1, 0.15) is 11.6 Å². The number of nitrogens with zero attached hydrogens (tertiary/aromatic N) is 5. The van der Waals surface area contributed by atoms with Crippen LogP contribution in [-0.4, -0.2) is 84.6 Å². The van der Waals surface area contributed by atoms with E-state index in [0.29, 0.717) is 17.8 Å². The lowest BCUT2D eigenvalue weighted by molar-refractivity contribution is -0.137. The Hall–Kier alpha value is -5.16. The lowest BCUT2D eigenvalue weighted by atomic mass is 10.0. The summed E-state index contributed by atoms with van der Waals surface area (Å²) in [7, 11) is 7.07. The third-order valence-corrected chi connectivity index (χ3v) is 7.73. The fourth-order valence-electron chi connectivity index (χ4n) is 5.06. The van der Waals surface area contributed by atoms with E-state index in [9.17, 15) is 32.8 Å². The van der Waals surface area contributed by atoms with Gasteiger partial charge in [-0.2, -0.15) is 23.5 Å². The summed E-state index contributed by atoms with van der Waals surface area (Å²) in [5, 5.41) is 21.4. The predicted molar refractivity (Wildman–Crippen MR) is 177 cm³/mol. The number of hydrogen-bond acceptors (Lipinski definition) is 7. The molecule has 11 nitrogen and oxygen atoms in total. The first kappa shape index (κ1) is 37.3. The molecule has 48 heavy (non-hydrogen) atoms. The maximum atomic E-state index is 13.9. The van der Waals surface area contributed by atoms with E-state index in [0.717, 1.165) is 37.6 Å². The van der Waals surface area contributed by atoms with Gasteiger partial charge in [-0.1, -0.05) is 19.4 Å². The summed E-state index contributed by atoms with van der Waals surface area (Å²) in [4.78, 5) is 44.7. The predicted octanol–water partition coefficient (Wildman–Crippen LogP) is 4.27. The molecule has 3 amide bonds. The summed E-state index contributed by atoms with van der Waals surface area (Å²) in [6.07, 6.45) is -1.49. The Bertz CT molecular complexity index is 1660. The molecule has 0 saturated carbocycles. The molecule has 14 heteroatoms. The van der Waals surface area contributed by atoms with Crippen molar-refractivity contribution in [3.8, 4) is 11.8 Å². The van der Waals surface area contributed by atoms with Crippen molar-refractivity contribution in [2.45, 2.75) is 38.9 Å². The highest BCUT2D eigenvalue weighted by Crippen LogP contribution is 2.31. The van der Waals surface area contributed by atoms with E-state index in [4.69, 9.17) is 0 Å². The third kappa shape index (κ3) is 9.68. The molecule has 3 aromatic rings. The molecule has 3 rings (SSSR count). The highest BCUT2D eigenvalue weighted by Gasteiger charge is 2.32. The van der Waals surface area contributed by atoms with Crippen LogP contribution in [0.25, 0.3) is 11.4 Å². The number of amides is 3. The number of alkyl halides is 3. The normalized spacial score (nSPS) is 13.2. The number of aromatic nitrogens is 2. The largest absolute Gasteiger partial charge is 0.416 e. The molecule has 0 aliphatic heterocycles. The van der Waals surface area contributed by atoms with E-state index >= 15 is 0 Å². The van der Waals surface area contributed by atoms with E-state index in [1.807, 2.05) is 27.1 Å². The molecule has 1 aromatic heterocycles. The van der Waals surface area contributed by atoms with Gasteiger partial charge in [-0.05, 0) is 88.4 Å². The van der Waals surface area contributed by atoms with E-state index in [2.05, 4.69) is 25.9 Å². The van der Waals surface area contributed by atoms with Crippen LogP contribution >= 0.6 is 0 Å². The molecule has 0 aliphatic carbocycles. The number of nitrogens with one attached hydrogen (secondary N) is 3. The van der Waals surface area contributed by atoms with Crippen LogP contribution in [0, 0.1) is 17.2 Å². The minimum absolute atomic E-state index is 0.0124. The van der Waals surface area contributed by atoms with E-state index < -0.39 is 35.2 Å². The molecule has 0 saturated heterocycles. The topological polar surface area (TPSA) is 135 Å². The molecule has 2 aromatic carbocycles. The number of benzene rings is 2. The van der Waals surface area contributed by atoms with Gasteiger partial charge in [0.05, 0.1) is 40.5 Å². The lowest BCUT2D eigenvalue weighted by Crippen LogP contribution is -2.48. The molecular weight excluding hydrogens is 625 g/mol. The van der Waals surface area contributed by atoms with Gasteiger partial charge in [-0.3, -0.25) is 14.4 Å². The SMILES string of the molecule is CCC(CCN(C)C)CN(C)C(=O)[C@H](C)NC(=O)/C(C(=O)Nc1cccc(C(F)(F)F)c1)=C(/NC)c1ccnn1-c1ccc(C#N)cc1. The van der Waals surface area contributed by atoms with Gasteiger partial charge in [-0.15, -0.1) is 0 Å². The van der Waals surface area contributed by atoms with Gasteiger partial charge in [0.25, 0.3) is 11.8 Å². The molecule has 1 unspecified atom stereocenters. The summed E-state index contributed by atoms with van der Waals surface area (Å²) in [6, 6.07) is 13.0. The molecule has 0 radical (unpaired) electrons. The Kier molecular flexibility index (Phi) is 12.9. The fraction of sp³-hybridized carbons (Fsp3) is 0.382. The van der Waals surface area contributed by atoms with Gasteiger partial charge in [0, 0.05) is 26.3 Å². The molecular formula is C34H41F3N8O3. The van der Waals surface area contributed by atoms with Crippen LogP contribution < -0.4 is 16.0 Å². The van der Waals surface area contributed by atoms with Crippen molar-refractivity contribution in [2.75, 3.05) is 46.6 Å². The van der Waals surface area contributed by atoms with Gasteiger partial charge < -0.3 is 25.8 Å². The number of likely N-dealkylation sites (N-methyl/N-ethyl adjacent to an activating group) is 1. The van der Waals surface area contributed by atoms with Crippen LogP contribution in [0.4, 0.5) is 18.9 Å². The summed E-state index contributed by atoms with van der Waals surface area (Å²) in [5.74, 6) is -2.11. The number of nitriles is 1. The van der Waals surface area contributed by atoms with Crippen molar-refractivity contribution < 1.29 is 27.6 Å². The number of carbonyl (C=O) groups excluding carboxylic acids is 3. The Morgan fingerprint density at radius 2 is 1.73 bits per heavy atom. The van der Waals surface area contributed by atoms with Crippen LogP contribution in [0.3, 0.4) is 0 Å². The zero-order chi connectivity index (χ0) is 35.6. The average molecular weight is 667 g/mol. The first-order valence-electron chi connectivity index (χ1n) is 15.4. The first-order chi connectivity index (χ1) is 22.7. The second kappa shape index (κ2) is 16.6.